The fourth-order valence-electron chi connectivity index (χ4n) is 2.38. The van der Waals surface area contributed by atoms with Crippen molar-refractivity contribution in [3.8, 4) is 0 Å². The van der Waals surface area contributed by atoms with Gasteiger partial charge in [-0.1, -0.05) is 13.8 Å². The average molecular weight is 307 g/mol. The van der Waals surface area contributed by atoms with Gasteiger partial charge in [0.1, 0.15) is 5.82 Å². The number of aromatic nitrogens is 1. The third-order valence-electron chi connectivity index (χ3n) is 3.27. The van der Waals surface area contributed by atoms with Crippen LogP contribution in [0.4, 0.5) is 23.2 Å². The number of piperidine rings is 1. The van der Waals surface area contributed by atoms with E-state index >= 15 is 0 Å². The van der Waals surface area contributed by atoms with Crippen molar-refractivity contribution >= 4 is 5.69 Å². The molecule has 0 aromatic carbocycles. The molecule has 0 radical (unpaired) electrons. The largest absolute Gasteiger partial charge is 0.401 e. The first kappa shape index (κ1) is 17.7. The number of halogens is 4. The molecule has 120 valence electrons. The van der Waals surface area contributed by atoms with Gasteiger partial charge in [0.15, 0.2) is 0 Å². The second kappa shape index (κ2) is 7.59. The molecule has 21 heavy (non-hydrogen) atoms. The molecule has 1 fully saturated rings. The monoisotopic (exact) mass is 307 g/mol. The van der Waals surface area contributed by atoms with Crippen molar-refractivity contribution in [2.75, 3.05) is 25.4 Å². The third kappa shape index (κ3) is 5.49. The minimum absolute atomic E-state index is 0.134. The number of alkyl halides is 3. The van der Waals surface area contributed by atoms with Crippen LogP contribution in [0, 0.1) is 5.82 Å². The van der Waals surface area contributed by atoms with Crippen molar-refractivity contribution in [1.82, 2.24) is 9.88 Å². The maximum atomic E-state index is 13.7. The van der Waals surface area contributed by atoms with Crippen molar-refractivity contribution in [3.05, 3.63) is 23.8 Å². The highest BCUT2D eigenvalue weighted by atomic mass is 19.4. The molecule has 1 aromatic rings. The van der Waals surface area contributed by atoms with Gasteiger partial charge in [0.2, 0.25) is 0 Å². The van der Waals surface area contributed by atoms with Crippen molar-refractivity contribution in [2.24, 2.45) is 0 Å². The number of nitrogen functional groups attached to an aromatic ring is 1. The quantitative estimate of drug-likeness (QED) is 0.849. The molecule has 1 aliphatic rings. The summed E-state index contributed by atoms with van der Waals surface area (Å²) in [5.41, 5.74) is 5.97. The molecule has 1 aliphatic heterocycles. The van der Waals surface area contributed by atoms with Gasteiger partial charge in [0, 0.05) is 12.0 Å². The molecule has 0 amide bonds. The minimum atomic E-state index is -4.18. The lowest BCUT2D eigenvalue weighted by atomic mass is 9.92. The maximum absolute atomic E-state index is 13.7. The highest BCUT2D eigenvalue weighted by Gasteiger charge is 2.33. The van der Waals surface area contributed by atoms with Crippen LogP contribution in [-0.4, -0.2) is 35.7 Å². The van der Waals surface area contributed by atoms with Gasteiger partial charge in [0.05, 0.1) is 24.1 Å². The summed E-state index contributed by atoms with van der Waals surface area (Å²) in [6, 6.07) is 1.20. The maximum Gasteiger partial charge on any atom is 0.401 e. The van der Waals surface area contributed by atoms with Crippen LogP contribution < -0.4 is 5.73 Å². The highest BCUT2D eigenvalue weighted by Crippen LogP contribution is 2.30. The number of anilines is 1. The van der Waals surface area contributed by atoms with E-state index in [-0.39, 0.29) is 11.6 Å². The topological polar surface area (TPSA) is 42.1 Å². The van der Waals surface area contributed by atoms with E-state index in [0.29, 0.717) is 31.6 Å². The Labute approximate surface area is 122 Å². The van der Waals surface area contributed by atoms with Crippen molar-refractivity contribution < 1.29 is 17.6 Å². The second-order valence-corrected chi connectivity index (χ2v) is 4.80. The Hall–Kier alpha value is -1.37. The highest BCUT2D eigenvalue weighted by molar-refractivity contribution is 5.36. The lowest BCUT2D eigenvalue weighted by molar-refractivity contribution is -0.148. The van der Waals surface area contributed by atoms with Gasteiger partial charge in [-0.3, -0.25) is 9.88 Å². The molecule has 0 saturated carbocycles. The van der Waals surface area contributed by atoms with E-state index in [2.05, 4.69) is 4.98 Å². The Balaban J connectivity index is 0.00000106. The number of nitrogens with zero attached hydrogens (tertiary/aromatic N) is 2. The minimum Gasteiger partial charge on any atom is -0.397 e. The Morgan fingerprint density at radius 1 is 1.29 bits per heavy atom. The van der Waals surface area contributed by atoms with Crippen LogP contribution in [0.15, 0.2) is 12.3 Å². The molecule has 1 saturated heterocycles. The molecular weight excluding hydrogens is 286 g/mol. The zero-order valence-corrected chi connectivity index (χ0v) is 12.3. The molecule has 3 nitrogen and oxygen atoms in total. The van der Waals surface area contributed by atoms with Gasteiger partial charge < -0.3 is 5.73 Å². The zero-order chi connectivity index (χ0) is 16.0. The summed E-state index contributed by atoms with van der Waals surface area (Å²) in [7, 11) is 0. The van der Waals surface area contributed by atoms with Crippen LogP contribution in [-0.2, 0) is 0 Å². The predicted octanol–water partition coefficient (Wildman–Crippen LogP) is 3.57. The van der Waals surface area contributed by atoms with Crippen LogP contribution in [0.1, 0.15) is 38.3 Å². The van der Waals surface area contributed by atoms with Crippen LogP contribution in [0.3, 0.4) is 0 Å². The molecule has 0 spiro atoms. The molecule has 7 heteroatoms. The number of likely N-dealkylation sites (tertiary alicyclic amines) is 1. The third-order valence-corrected chi connectivity index (χ3v) is 3.27. The number of hydrogen-bond acceptors (Lipinski definition) is 3. The normalized spacial score (nSPS) is 17.2. The summed E-state index contributed by atoms with van der Waals surface area (Å²) in [5.74, 6) is -0.612. The molecule has 0 atom stereocenters. The Kier molecular flexibility index (Phi) is 6.39. The summed E-state index contributed by atoms with van der Waals surface area (Å²) in [6.07, 6.45) is -1.86. The van der Waals surface area contributed by atoms with Crippen molar-refractivity contribution in [1.29, 1.82) is 0 Å². The van der Waals surface area contributed by atoms with Gasteiger partial charge in [-0.2, -0.15) is 13.2 Å². The Morgan fingerprint density at radius 2 is 1.86 bits per heavy atom. The van der Waals surface area contributed by atoms with E-state index in [0.717, 1.165) is 0 Å². The first-order chi connectivity index (χ1) is 9.85. The number of pyridine rings is 1. The lowest BCUT2D eigenvalue weighted by Crippen LogP contribution is -2.39. The second-order valence-electron chi connectivity index (χ2n) is 4.80. The van der Waals surface area contributed by atoms with Gasteiger partial charge in [-0.15, -0.1) is 0 Å². The lowest BCUT2D eigenvalue weighted by Gasteiger charge is -2.32. The van der Waals surface area contributed by atoms with Crippen LogP contribution in [0.5, 0.6) is 0 Å². The molecular formula is C14H21F4N3. The smallest absolute Gasteiger partial charge is 0.397 e. The molecule has 1 aromatic heterocycles. The van der Waals surface area contributed by atoms with E-state index in [9.17, 15) is 17.6 Å². The molecule has 2 rings (SSSR count). The molecule has 2 heterocycles. The fraction of sp³-hybridized carbons (Fsp3) is 0.643. The van der Waals surface area contributed by atoms with E-state index in [4.69, 9.17) is 5.73 Å². The molecule has 2 N–H and O–H groups in total. The summed E-state index contributed by atoms with van der Waals surface area (Å²) in [4.78, 5) is 5.30. The number of rotatable bonds is 2. The predicted molar refractivity (Wildman–Crippen MR) is 74.4 cm³/mol. The average Bonchev–Trinajstić information content (AvgIpc) is 2.41. The van der Waals surface area contributed by atoms with Crippen LogP contribution in [0.2, 0.25) is 0 Å². The summed E-state index contributed by atoms with van der Waals surface area (Å²) in [6.45, 7) is 3.70. The number of nitrogens with two attached hydrogens (primary N) is 1. The first-order valence-electron chi connectivity index (χ1n) is 7.05. The fourth-order valence-corrected chi connectivity index (χ4v) is 2.38. The van der Waals surface area contributed by atoms with Gasteiger partial charge in [-0.05, 0) is 25.9 Å². The van der Waals surface area contributed by atoms with Crippen LogP contribution in [0.25, 0.3) is 0 Å². The Bertz CT molecular complexity index is 440. The van der Waals surface area contributed by atoms with E-state index in [1.165, 1.54) is 17.2 Å². The van der Waals surface area contributed by atoms with Gasteiger partial charge >= 0.3 is 6.18 Å². The SMILES string of the molecule is CC.Nc1cnc(C2CCN(CC(F)(F)F)CC2)c(F)c1. The van der Waals surface area contributed by atoms with E-state index < -0.39 is 18.5 Å². The summed E-state index contributed by atoms with van der Waals surface area (Å²) < 4.78 is 50.4. The van der Waals surface area contributed by atoms with E-state index in [1.54, 1.807) is 0 Å². The molecule has 0 unspecified atom stereocenters. The summed E-state index contributed by atoms with van der Waals surface area (Å²) in [5, 5.41) is 0. The van der Waals surface area contributed by atoms with Crippen molar-refractivity contribution in [3.63, 3.8) is 0 Å². The standard InChI is InChI=1S/C12H15F4N3.C2H6/c13-10-5-9(17)6-18-11(10)8-1-3-19(4-2-8)7-12(14,15)16;1-2/h5-6,8H,1-4,7,17H2;1-2H3. The first-order valence-corrected chi connectivity index (χ1v) is 7.05. The van der Waals surface area contributed by atoms with Crippen molar-refractivity contribution in [2.45, 2.75) is 38.8 Å². The Morgan fingerprint density at radius 3 is 2.33 bits per heavy atom. The zero-order valence-electron chi connectivity index (χ0n) is 12.3. The number of hydrogen-bond donors (Lipinski definition) is 1. The van der Waals surface area contributed by atoms with Crippen LogP contribution >= 0.6 is 0 Å². The van der Waals surface area contributed by atoms with E-state index in [1.807, 2.05) is 13.8 Å². The molecule has 0 bridgehead atoms. The van der Waals surface area contributed by atoms with Gasteiger partial charge in [-0.25, -0.2) is 4.39 Å². The van der Waals surface area contributed by atoms with Gasteiger partial charge in [0.25, 0.3) is 0 Å². The molecule has 0 aliphatic carbocycles. The summed E-state index contributed by atoms with van der Waals surface area (Å²) >= 11 is 0.